The average Bonchev–Trinajstić information content (AvgIpc) is 3.13. The normalized spacial score (nSPS) is 19.4. The number of thioether (sulfide) groups is 1. The number of aromatic nitrogens is 1. The number of nitrogens with zero attached hydrogens (tertiary/aromatic N) is 1. The van der Waals surface area contributed by atoms with Crippen LogP contribution in [0.1, 0.15) is 5.56 Å². The van der Waals surface area contributed by atoms with E-state index in [9.17, 15) is 4.79 Å². The van der Waals surface area contributed by atoms with Crippen molar-refractivity contribution < 1.29 is 4.79 Å². The monoisotopic (exact) mass is 321 g/mol. The predicted octanol–water partition coefficient (Wildman–Crippen LogP) is 3.63. The first-order chi connectivity index (χ1) is 11.3. The topological polar surface area (TPSA) is 57.2 Å². The minimum Gasteiger partial charge on any atom is -0.361 e. The van der Waals surface area contributed by atoms with E-state index in [1.54, 1.807) is 0 Å². The molecule has 1 aliphatic heterocycles. The van der Waals surface area contributed by atoms with Crippen LogP contribution in [0.5, 0.6) is 0 Å². The summed E-state index contributed by atoms with van der Waals surface area (Å²) in [4.78, 5) is 20.0. The molecule has 0 bridgehead atoms. The third-order valence-electron chi connectivity index (χ3n) is 3.84. The molecule has 1 unspecified atom stereocenters. The number of carbonyl (C=O) groups excluding carboxylic acids is 1. The number of amidine groups is 1. The highest BCUT2D eigenvalue weighted by molar-refractivity contribution is 8.15. The number of carbonyl (C=O) groups is 1. The highest BCUT2D eigenvalue weighted by atomic mass is 32.2. The van der Waals surface area contributed by atoms with Crippen LogP contribution in [-0.4, -0.2) is 21.3 Å². The zero-order chi connectivity index (χ0) is 15.6. The van der Waals surface area contributed by atoms with Crippen LogP contribution in [0.4, 0.5) is 5.69 Å². The van der Waals surface area contributed by atoms with Crippen molar-refractivity contribution in [1.82, 2.24) is 10.3 Å². The van der Waals surface area contributed by atoms with Crippen LogP contribution >= 0.6 is 11.8 Å². The zero-order valence-corrected chi connectivity index (χ0v) is 13.1. The van der Waals surface area contributed by atoms with E-state index in [4.69, 9.17) is 0 Å². The number of H-pyrrole nitrogens is 1. The number of benzene rings is 2. The van der Waals surface area contributed by atoms with Crippen LogP contribution in [0.25, 0.3) is 10.9 Å². The van der Waals surface area contributed by atoms with Crippen LogP contribution in [0.15, 0.2) is 65.8 Å². The molecule has 2 aromatic carbocycles. The number of hydrogen-bond donors (Lipinski definition) is 2. The van der Waals surface area contributed by atoms with Gasteiger partial charge < -0.3 is 10.3 Å². The molecule has 1 atom stereocenters. The van der Waals surface area contributed by atoms with Crippen molar-refractivity contribution in [2.24, 2.45) is 4.99 Å². The molecule has 5 heteroatoms. The molecular weight excluding hydrogens is 306 g/mol. The molecule has 1 saturated heterocycles. The van der Waals surface area contributed by atoms with Crippen LogP contribution in [0, 0.1) is 0 Å². The lowest BCUT2D eigenvalue weighted by Crippen LogP contribution is -2.25. The van der Waals surface area contributed by atoms with E-state index < -0.39 is 0 Å². The molecule has 1 fully saturated rings. The van der Waals surface area contributed by atoms with E-state index in [0.717, 1.165) is 16.8 Å². The number of para-hydroxylation sites is 2. The molecule has 0 saturated carbocycles. The minimum atomic E-state index is -0.142. The van der Waals surface area contributed by atoms with Crippen LogP contribution in [0.3, 0.4) is 0 Å². The first kappa shape index (κ1) is 14.1. The lowest BCUT2D eigenvalue weighted by atomic mass is 10.1. The quantitative estimate of drug-likeness (QED) is 0.774. The van der Waals surface area contributed by atoms with Crippen LogP contribution in [-0.2, 0) is 11.2 Å². The first-order valence-electron chi connectivity index (χ1n) is 7.46. The zero-order valence-electron chi connectivity index (χ0n) is 12.3. The molecular formula is C18H15N3OS. The second-order valence-electron chi connectivity index (χ2n) is 5.41. The molecule has 3 aromatic rings. The molecule has 1 aromatic heterocycles. The Balaban J connectivity index is 1.54. The van der Waals surface area contributed by atoms with Gasteiger partial charge in [0.05, 0.1) is 10.9 Å². The van der Waals surface area contributed by atoms with Crippen molar-refractivity contribution in [3.05, 3.63) is 66.4 Å². The number of amides is 1. The number of aromatic amines is 1. The predicted molar refractivity (Wildman–Crippen MR) is 95.1 cm³/mol. The van der Waals surface area contributed by atoms with Crippen molar-refractivity contribution in [2.75, 3.05) is 0 Å². The fourth-order valence-corrected chi connectivity index (χ4v) is 3.73. The minimum absolute atomic E-state index is 0.0231. The Morgan fingerprint density at radius 3 is 2.70 bits per heavy atom. The standard InChI is InChI=1S/C18H15N3OS/c22-17-16(10-12-11-19-15-9-5-4-8-14(12)15)23-18(21-17)20-13-6-2-1-3-7-13/h1-9,11,16,19H,10H2,(H,20,21,22). The second-order valence-corrected chi connectivity index (χ2v) is 6.60. The molecule has 0 spiro atoms. The van der Waals surface area contributed by atoms with Gasteiger partial charge in [0.2, 0.25) is 5.91 Å². The Hall–Kier alpha value is -2.53. The summed E-state index contributed by atoms with van der Waals surface area (Å²) in [7, 11) is 0. The number of fused-ring (bicyclic) bond motifs is 1. The van der Waals surface area contributed by atoms with Crippen molar-refractivity contribution in [2.45, 2.75) is 11.7 Å². The van der Waals surface area contributed by atoms with E-state index in [1.807, 2.05) is 54.7 Å². The van der Waals surface area contributed by atoms with E-state index in [-0.39, 0.29) is 11.2 Å². The Labute approximate surface area is 138 Å². The van der Waals surface area contributed by atoms with E-state index >= 15 is 0 Å². The molecule has 0 radical (unpaired) electrons. The maximum absolute atomic E-state index is 12.2. The van der Waals surface area contributed by atoms with Gasteiger partial charge in [0, 0.05) is 17.1 Å². The summed E-state index contributed by atoms with van der Waals surface area (Å²) in [5.41, 5.74) is 3.11. The van der Waals surface area contributed by atoms with Gasteiger partial charge in [-0.25, -0.2) is 4.99 Å². The maximum atomic E-state index is 12.2. The highest BCUT2D eigenvalue weighted by Gasteiger charge is 2.30. The number of aliphatic imine (C=N–C) groups is 1. The number of nitrogens with one attached hydrogen (secondary N) is 2. The Kier molecular flexibility index (Phi) is 3.63. The fraction of sp³-hybridized carbons (Fsp3) is 0.111. The molecule has 0 aliphatic carbocycles. The van der Waals surface area contributed by atoms with Gasteiger partial charge in [-0.05, 0) is 30.2 Å². The lowest BCUT2D eigenvalue weighted by Gasteiger charge is -2.03. The number of rotatable bonds is 3. The summed E-state index contributed by atoms with van der Waals surface area (Å²) >= 11 is 1.50. The van der Waals surface area contributed by atoms with E-state index in [0.29, 0.717) is 11.6 Å². The summed E-state index contributed by atoms with van der Waals surface area (Å²) in [5.74, 6) is 0.0231. The average molecular weight is 321 g/mol. The van der Waals surface area contributed by atoms with Gasteiger partial charge in [0.25, 0.3) is 0 Å². The third-order valence-corrected chi connectivity index (χ3v) is 4.93. The Bertz CT molecular complexity index is 885. The molecule has 1 aliphatic rings. The van der Waals surface area contributed by atoms with E-state index in [1.165, 1.54) is 17.1 Å². The van der Waals surface area contributed by atoms with Gasteiger partial charge in [-0.1, -0.05) is 48.2 Å². The summed E-state index contributed by atoms with van der Waals surface area (Å²) in [6.45, 7) is 0. The van der Waals surface area contributed by atoms with Gasteiger partial charge in [0.1, 0.15) is 0 Å². The molecule has 4 nitrogen and oxygen atoms in total. The van der Waals surface area contributed by atoms with Crippen molar-refractivity contribution in [1.29, 1.82) is 0 Å². The molecule has 114 valence electrons. The third kappa shape index (κ3) is 2.87. The molecule has 23 heavy (non-hydrogen) atoms. The van der Waals surface area contributed by atoms with Crippen molar-refractivity contribution in [3.8, 4) is 0 Å². The van der Waals surface area contributed by atoms with Crippen LogP contribution < -0.4 is 5.32 Å². The van der Waals surface area contributed by atoms with Gasteiger partial charge >= 0.3 is 0 Å². The summed E-state index contributed by atoms with van der Waals surface area (Å²) in [6, 6.07) is 17.8. The lowest BCUT2D eigenvalue weighted by molar-refractivity contribution is -0.118. The smallest absolute Gasteiger partial charge is 0.239 e. The SMILES string of the molecule is O=C1NC(=Nc2ccccc2)SC1Cc1c[nH]c2ccccc12. The Morgan fingerprint density at radius 2 is 1.83 bits per heavy atom. The second kappa shape index (κ2) is 5.93. The summed E-state index contributed by atoms with van der Waals surface area (Å²) in [5, 5.41) is 4.58. The molecule has 4 rings (SSSR count). The number of hydrogen-bond acceptors (Lipinski definition) is 3. The maximum Gasteiger partial charge on any atom is 0.239 e. The van der Waals surface area contributed by atoms with E-state index in [2.05, 4.69) is 21.4 Å². The van der Waals surface area contributed by atoms with Gasteiger partial charge in [-0.15, -0.1) is 0 Å². The highest BCUT2D eigenvalue weighted by Crippen LogP contribution is 2.28. The van der Waals surface area contributed by atoms with Gasteiger partial charge in [-0.3, -0.25) is 4.79 Å². The summed E-state index contributed by atoms with van der Waals surface area (Å²) in [6.07, 6.45) is 2.68. The largest absolute Gasteiger partial charge is 0.361 e. The summed E-state index contributed by atoms with van der Waals surface area (Å²) < 4.78 is 0. The molecule has 2 heterocycles. The fourth-order valence-electron chi connectivity index (χ4n) is 2.71. The first-order valence-corrected chi connectivity index (χ1v) is 8.34. The van der Waals surface area contributed by atoms with Gasteiger partial charge in [0.15, 0.2) is 5.17 Å². The van der Waals surface area contributed by atoms with Crippen molar-refractivity contribution >= 4 is 39.4 Å². The van der Waals surface area contributed by atoms with Gasteiger partial charge in [-0.2, -0.15) is 0 Å². The van der Waals surface area contributed by atoms with Crippen molar-refractivity contribution in [3.63, 3.8) is 0 Å². The van der Waals surface area contributed by atoms with Crippen LogP contribution in [0.2, 0.25) is 0 Å². The molecule has 2 N–H and O–H groups in total. The Morgan fingerprint density at radius 1 is 1.04 bits per heavy atom. The molecule has 1 amide bonds.